The number of nitrogens with zero attached hydrogens (tertiary/aromatic N) is 2. The van der Waals surface area contributed by atoms with Crippen molar-refractivity contribution in [2.24, 2.45) is 5.16 Å². The summed E-state index contributed by atoms with van der Waals surface area (Å²) in [5.41, 5.74) is -5.27. The van der Waals surface area contributed by atoms with Crippen molar-refractivity contribution in [3.8, 4) is 6.07 Å². The van der Waals surface area contributed by atoms with Crippen molar-refractivity contribution in [3.63, 3.8) is 0 Å². The van der Waals surface area contributed by atoms with Crippen LogP contribution in [-0.4, -0.2) is 16.8 Å². The summed E-state index contributed by atoms with van der Waals surface area (Å²) in [6, 6.07) is 1.48. The van der Waals surface area contributed by atoms with Gasteiger partial charge in [0.05, 0.1) is 11.1 Å². The minimum Gasteiger partial charge on any atom is -0.410 e. The Kier molecular flexibility index (Phi) is 4.65. The van der Waals surface area contributed by atoms with Crippen molar-refractivity contribution >= 4 is 17.3 Å². The van der Waals surface area contributed by atoms with Crippen molar-refractivity contribution in [1.29, 1.82) is 5.26 Å². The molecular formula is C11H5F6N3O2. The highest BCUT2D eigenvalue weighted by Crippen LogP contribution is 2.37. The number of nitrogens with one attached hydrogen (secondary N) is 1. The van der Waals surface area contributed by atoms with Crippen molar-refractivity contribution < 1.29 is 36.3 Å². The van der Waals surface area contributed by atoms with E-state index in [1.807, 2.05) is 0 Å². The van der Waals surface area contributed by atoms with Crippen molar-refractivity contribution in [1.82, 2.24) is 0 Å². The van der Waals surface area contributed by atoms with Gasteiger partial charge in [-0.15, -0.1) is 0 Å². The molecule has 0 spiro atoms. The second-order valence-corrected chi connectivity index (χ2v) is 3.81. The zero-order valence-corrected chi connectivity index (χ0v) is 10.2. The van der Waals surface area contributed by atoms with Crippen LogP contribution in [0.5, 0.6) is 0 Å². The summed E-state index contributed by atoms with van der Waals surface area (Å²) in [5.74, 6) is -1.46. The first-order valence-electron chi connectivity index (χ1n) is 5.22. The Bertz CT molecular complexity index is 625. The first-order valence-corrected chi connectivity index (χ1v) is 5.22. The molecule has 0 aromatic heterocycles. The van der Waals surface area contributed by atoms with Crippen LogP contribution in [0.4, 0.5) is 32.0 Å². The SMILES string of the molecule is N#C/C(=N\O)C(=O)Nc1cc(C(F)(F)F)cc(C(F)(F)F)c1. The Morgan fingerprint density at radius 1 is 1.09 bits per heavy atom. The summed E-state index contributed by atoms with van der Waals surface area (Å²) in [4.78, 5) is 11.3. The normalized spacial score (nSPS) is 12.7. The Balaban J connectivity index is 3.31. The van der Waals surface area contributed by atoms with Crippen molar-refractivity contribution in [2.75, 3.05) is 5.32 Å². The van der Waals surface area contributed by atoms with Gasteiger partial charge < -0.3 is 10.5 Å². The third-order valence-electron chi connectivity index (χ3n) is 2.27. The highest BCUT2D eigenvalue weighted by Gasteiger charge is 2.37. The number of benzene rings is 1. The van der Waals surface area contributed by atoms with Gasteiger partial charge >= 0.3 is 12.4 Å². The van der Waals surface area contributed by atoms with Gasteiger partial charge in [-0.2, -0.15) is 31.6 Å². The van der Waals surface area contributed by atoms with Gasteiger partial charge in [0, 0.05) is 5.69 Å². The molecule has 0 unspecified atom stereocenters. The lowest BCUT2D eigenvalue weighted by molar-refractivity contribution is -0.143. The number of anilines is 1. The molecule has 0 aliphatic heterocycles. The molecule has 1 aromatic rings. The van der Waals surface area contributed by atoms with E-state index in [0.717, 1.165) is 6.07 Å². The Hall–Kier alpha value is -2.77. The van der Waals surface area contributed by atoms with Crippen molar-refractivity contribution in [3.05, 3.63) is 29.3 Å². The van der Waals surface area contributed by atoms with Gasteiger partial charge in [0.2, 0.25) is 5.71 Å². The molecule has 0 saturated heterocycles. The Morgan fingerprint density at radius 2 is 1.55 bits per heavy atom. The second-order valence-electron chi connectivity index (χ2n) is 3.81. The van der Waals surface area contributed by atoms with Gasteiger partial charge in [0.15, 0.2) is 0 Å². The lowest BCUT2D eigenvalue weighted by Crippen LogP contribution is -2.22. The van der Waals surface area contributed by atoms with Crippen LogP contribution >= 0.6 is 0 Å². The summed E-state index contributed by atoms with van der Waals surface area (Å²) in [5, 5.41) is 20.5. The van der Waals surface area contributed by atoms with E-state index in [-0.39, 0.29) is 18.2 Å². The number of oxime groups is 1. The van der Waals surface area contributed by atoms with Gasteiger partial charge in [-0.1, -0.05) is 5.16 Å². The maximum Gasteiger partial charge on any atom is 0.416 e. The quantitative estimate of drug-likeness (QED) is 0.379. The average molecular weight is 325 g/mol. The molecule has 11 heteroatoms. The molecule has 1 aromatic carbocycles. The zero-order chi connectivity index (χ0) is 17.1. The number of nitriles is 1. The van der Waals surface area contributed by atoms with E-state index in [9.17, 15) is 31.1 Å². The smallest absolute Gasteiger partial charge is 0.410 e. The van der Waals surface area contributed by atoms with Crippen molar-refractivity contribution in [2.45, 2.75) is 12.4 Å². The molecule has 1 rings (SSSR count). The van der Waals surface area contributed by atoms with Crippen LogP contribution in [0.15, 0.2) is 23.4 Å². The number of alkyl halides is 6. The van der Waals surface area contributed by atoms with E-state index in [1.54, 1.807) is 5.32 Å². The number of hydrogen-bond acceptors (Lipinski definition) is 4. The number of amides is 1. The average Bonchev–Trinajstić information content (AvgIpc) is 2.37. The Morgan fingerprint density at radius 3 is 1.86 bits per heavy atom. The lowest BCUT2D eigenvalue weighted by atomic mass is 10.1. The molecule has 0 radical (unpaired) electrons. The third kappa shape index (κ3) is 4.11. The molecule has 0 bridgehead atoms. The molecule has 1 amide bonds. The van der Waals surface area contributed by atoms with E-state index >= 15 is 0 Å². The van der Waals surface area contributed by atoms with Crippen LogP contribution in [0, 0.1) is 11.3 Å². The fraction of sp³-hybridized carbons (Fsp3) is 0.182. The van der Waals surface area contributed by atoms with Gasteiger partial charge in [0.25, 0.3) is 5.91 Å². The minimum absolute atomic E-state index is 0.124. The third-order valence-corrected chi connectivity index (χ3v) is 2.27. The molecule has 5 nitrogen and oxygen atoms in total. The van der Waals surface area contributed by atoms with Crippen LogP contribution in [0.3, 0.4) is 0 Å². The van der Waals surface area contributed by atoms with E-state index in [2.05, 4.69) is 5.16 Å². The van der Waals surface area contributed by atoms with E-state index < -0.39 is 40.8 Å². The molecule has 0 saturated carbocycles. The lowest BCUT2D eigenvalue weighted by Gasteiger charge is -2.14. The zero-order valence-electron chi connectivity index (χ0n) is 10.2. The molecule has 0 aliphatic carbocycles. The van der Waals surface area contributed by atoms with Gasteiger partial charge in [-0.25, -0.2) is 0 Å². The molecular weight excluding hydrogens is 320 g/mol. The monoisotopic (exact) mass is 325 g/mol. The highest BCUT2D eigenvalue weighted by molar-refractivity contribution is 6.48. The van der Waals surface area contributed by atoms with Crippen LogP contribution < -0.4 is 5.32 Å². The summed E-state index contributed by atoms with van der Waals surface area (Å²) in [6.45, 7) is 0. The maximum absolute atomic E-state index is 12.6. The van der Waals surface area contributed by atoms with Crippen LogP contribution in [0.25, 0.3) is 0 Å². The fourth-order valence-corrected chi connectivity index (χ4v) is 1.34. The number of carbonyl (C=O) groups excluding carboxylic acids is 1. The topological polar surface area (TPSA) is 85.5 Å². The molecule has 0 heterocycles. The highest BCUT2D eigenvalue weighted by atomic mass is 19.4. The predicted octanol–water partition coefficient (Wildman–Crippen LogP) is 3.02. The summed E-state index contributed by atoms with van der Waals surface area (Å²) in [7, 11) is 0. The molecule has 0 atom stereocenters. The first-order chi connectivity index (χ1) is 9.98. The summed E-state index contributed by atoms with van der Waals surface area (Å²) < 4.78 is 75.4. The van der Waals surface area contributed by atoms with Crippen LogP contribution in [0.1, 0.15) is 11.1 Å². The number of carbonyl (C=O) groups is 1. The first kappa shape index (κ1) is 17.3. The second kappa shape index (κ2) is 5.92. The van der Waals surface area contributed by atoms with Gasteiger partial charge in [0.1, 0.15) is 6.07 Å². The fourth-order valence-electron chi connectivity index (χ4n) is 1.34. The van der Waals surface area contributed by atoms with Gasteiger partial charge in [-0.05, 0) is 18.2 Å². The molecule has 118 valence electrons. The maximum atomic E-state index is 12.6. The molecule has 0 fully saturated rings. The number of rotatable bonds is 2. The van der Waals surface area contributed by atoms with E-state index in [4.69, 9.17) is 10.5 Å². The largest absolute Gasteiger partial charge is 0.416 e. The van der Waals surface area contributed by atoms with Crippen LogP contribution in [0.2, 0.25) is 0 Å². The number of hydrogen-bond donors (Lipinski definition) is 2. The summed E-state index contributed by atoms with van der Waals surface area (Å²) >= 11 is 0. The summed E-state index contributed by atoms with van der Waals surface area (Å²) in [6.07, 6.45) is -10.2. The minimum atomic E-state index is -5.08. The number of halogens is 6. The van der Waals surface area contributed by atoms with Gasteiger partial charge in [-0.3, -0.25) is 4.79 Å². The molecule has 2 N–H and O–H groups in total. The predicted molar refractivity (Wildman–Crippen MR) is 59.9 cm³/mol. The Labute approximate surface area is 118 Å². The van der Waals surface area contributed by atoms with E-state index in [0.29, 0.717) is 0 Å². The standard InChI is InChI=1S/C11H5F6N3O2/c12-10(13,14)5-1-6(11(15,16)17)3-7(2-5)19-9(21)8(4-18)20-22/h1-3,22H,(H,19,21)/b20-8+. The van der Waals surface area contributed by atoms with Crippen LogP contribution in [-0.2, 0) is 17.1 Å². The molecule has 0 aliphatic rings. The van der Waals surface area contributed by atoms with E-state index in [1.165, 1.54) is 0 Å². The molecule has 22 heavy (non-hydrogen) atoms.